The summed E-state index contributed by atoms with van der Waals surface area (Å²) in [7, 11) is 1.60. The molecule has 0 spiro atoms. The Balaban J connectivity index is 1.88. The maximum Gasteiger partial charge on any atom is 0.319 e. The number of urea groups is 1. The van der Waals surface area contributed by atoms with Crippen molar-refractivity contribution in [3.8, 4) is 5.75 Å². The molecule has 25 heavy (non-hydrogen) atoms. The number of hydrogen-bond donors (Lipinski definition) is 3. The van der Waals surface area contributed by atoms with Gasteiger partial charge in [-0.05, 0) is 50.3 Å². The molecule has 0 bridgehead atoms. The van der Waals surface area contributed by atoms with Gasteiger partial charge in [-0.1, -0.05) is 6.07 Å². The topological polar surface area (TPSA) is 96.9 Å². The van der Waals surface area contributed by atoms with Gasteiger partial charge in [-0.3, -0.25) is 4.79 Å². The monoisotopic (exact) mass is 350 g/mol. The zero-order valence-electron chi connectivity index (χ0n) is 14.7. The lowest BCUT2D eigenvalue weighted by Gasteiger charge is -2.27. The molecule has 0 saturated heterocycles. The summed E-state index contributed by atoms with van der Waals surface area (Å²) in [4.78, 5) is 23.2. The molecule has 138 valence electrons. The van der Waals surface area contributed by atoms with Crippen LogP contribution in [0.2, 0.25) is 0 Å². The summed E-state index contributed by atoms with van der Waals surface area (Å²) in [5.41, 5.74) is 1.63. The van der Waals surface area contributed by atoms with Gasteiger partial charge in [-0.15, -0.1) is 0 Å². The Hall–Kier alpha value is -2.28. The fourth-order valence-electron chi connectivity index (χ4n) is 2.92. The van der Waals surface area contributed by atoms with Crippen molar-refractivity contribution in [2.24, 2.45) is 5.92 Å². The number of anilines is 1. The molecule has 0 aromatic heterocycles. The molecule has 7 heteroatoms. The first-order valence-corrected chi connectivity index (χ1v) is 8.52. The van der Waals surface area contributed by atoms with Gasteiger partial charge in [0.25, 0.3) is 0 Å². The smallest absolute Gasteiger partial charge is 0.319 e. The van der Waals surface area contributed by atoms with Crippen molar-refractivity contribution in [2.75, 3.05) is 25.6 Å². The molecule has 1 fully saturated rings. The van der Waals surface area contributed by atoms with Crippen molar-refractivity contribution in [1.82, 2.24) is 5.32 Å². The Bertz CT molecular complexity index is 597. The van der Waals surface area contributed by atoms with Gasteiger partial charge in [-0.2, -0.15) is 0 Å². The summed E-state index contributed by atoms with van der Waals surface area (Å²) >= 11 is 0. The number of carbonyl (C=O) groups excluding carboxylic acids is 1. The zero-order valence-corrected chi connectivity index (χ0v) is 14.7. The molecule has 2 rings (SSSR count). The molecule has 1 aliphatic carbocycles. The van der Waals surface area contributed by atoms with Crippen LogP contribution >= 0.6 is 0 Å². The van der Waals surface area contributed by atoms with Crippen LogP contribution in [0.5, 0.6) is 5.75 Å². The van der Waals surface area contributed by atoms with Gasteiger partial charge in [-0.25, -0.2) is 4.79 Å². The lowest BCUT2D eigenvalue weighted by Crippen LogP contribution is -2.41. The molecular formula is C18H26N2O5. The molecule has 0 aliphatic heterocycles. The standard InChI is InChI=1S/C18H26N2O5/c1-12-3-8-15(16(11-12)25-10-9-24-2)20-18(23)19-14-6-4-13(5-7-14)17(21)22/h3,8,11,13-14H,4-7,9-10H2,1-2H3,(H,21,22)(H2,19,20,23). The second-order valence-corrected chi connectivity index (χ2v) is 6.33. The van der Waals surface area contributed by atoms with E-state index in [-0.39, 0.29) is 18.0 Å². The minimum atomic E-state index is -0.750. The Kier molecular flexibility index (Phi) is 7.06. The van der Waals surface area contributed by atoms with Crippen molar-refractivity contribution >= 4 is 17.7 Å². The van der Waals surface area contributed by atoms with E-state index in [4.69, 9.17) is 14.6 Å². The highest BCUT2D eigenvalue weighted by Gasteiger charge is 2.26. The third-order valence-corrected chi connectivity index (χ3v) is 4.34. The summed E-state index contributed by atoms with van der Waals surface area (Å²) in [6, 6.07) is 5.26. The maximum atomic E-state index is 12.2. The molecule has 0 radical (unpaired) electrons. The van der Waals surface area contributed by atoms with E-state index in [9.17, 15) is 9.59 Å². The van der Waals surface area contributed by atoms with E-state index in [1.165, 1.54) is 0 Å². The molecule has 0 unspecified atom stereocenters. The highest BCUT2D eigenvalue weighted by atomic mass is 16.5. The molecule has 3 N–H and O–H groups in total. The lowest BCUT2D eigenvalue weighted by atomic mass is 9.86. The van der Waals surface area contributed by atoms with E-state index >= 15 is 0 Å². The first kappa shape index (κ1) is 19.1. The summed E-state index contributed by atoms with van der Waals surface area (Å²) in [6.07, 6.45) is 2.54. The lowest BCUT2D eigenvalue weighted by molar-refractivity contribution is -0.142. The van der Waals surface area contributed by atoms with E-state index in [2.05, 4.69) is 10.6 Å². The van der Waals surface area contributed by atoms with E-state index in [1.54, 1.807) is 13.2 Å². The Morgan fingerprint density at radius 2 is 1.92 bits per heavy atom. The number of rotatable bonds is 7. The van der Waals surface area contributed by atoms with Crippen LogP contribution in [0.15, 0.2) is 18.2 Å². The fourth-order valence-corrected chi connectivity index (χ4v) is 2.92. The van der Waals surface area contributed by atoms with E-state index in [0.29, 0.717) is 50.3 Å². The third kappa shape index (κ3) is 5.94. The molecule has 1 aromatic rings. The first-order chi connectivity index (χ1) is 12.0. The van der Waals surface area contributed by atoms with Gasteiger partial charge >= 0.3 is 12.0 Å². The van der Waals surface area contributed by atoms with Crippen LogP contribution in [0.4, 0.5) is 10.5 Å². The normalized spacial score (nSPS) is 19.9. The zero-order chi connectivity index (χ0) is 18.2. The molecular weight excluding hydrogens is 324 g/mol. The number of aliphatic carboxylic acids is 1. The average molecular weight is 350 g/mol. The summed E-state index contributed by atoms with van der Waals surface area (Å²) in [5, 5.41) is 14.7. The number of hydrogen-bond acceptors (Lipinski definition) is 4. The summed E-state index contributed by atoms with van der Waals surface area (Å²) in [5.74, 6) is -0.443. The molecule has 7 nitrogen and oxygen atoms in total. The average Bonchev–Trinajstić information content (AvgIpc) is 2.58. The highest BCUT2D eigenvalue weighted by molar-refractivity contribution is 5.91. The van der Waals surface area contributed by atoms with Gasteiger partial charge in [0.2, 0.25) is 0 Å². The summed E-state index contributed by atoms with van der Waals surface area (Å²) in [6.45, 7) is 2.82. The SMILES string of the molecule is COCCOc1cc(C)ccc1NC(=O)NC1CCC(C(=O)O)CC1. The van der Waals surface area contributed by atoms with Crippen LogP contribution in [0.3, 0.4) is 0 Å². The predicted octanol–water partition coefficient (Wildman–Crippen LogP) is 2.79. The van der Waals surface area contributed by atoms with Crippen LogP contribution < -0.4 is 15.4 Å². The van der Waals surface area contributed by atoms with Gasteiger partial charge in [0.1, 0.15) is 12.4 Å². The number of methoxy groups -OCH3 is 1. The van der Waals surface area contributed by atoms with Gasteiger partial charge in [0, 0.05) is 13.2 Å². The Labute approximate surface area is 147 Å². The van der Waals surface area contributed by atoms with Crippen molar-refractivity contribution in [2.45, 2.75) is 38.6 Å². The Morgan fingerprint density at radius 1 is 1.20 bits per heavy atom. The maximum absolute atomic E-state index is 12.2. The number of carboxylic acid groups (broad SMARTS) is 1. The van der Waals surface area contributed by atoms with Crippen LogP contribution in [0.1, 0.15) is 31.2 Å². The molecule has 1 aromatic carbocycles. The second kappa shape index (κ2) is 9.27. The molecule has 2 amide bonds. The van der Waals surface area contributed by atoms with Gasteiger partial charge in [0.15, 0.2) is 0 Å². The molecule has 0 heterocycles. The molecule has 0 atom stereocenters. The molecule has 1 aliphatic rings. The van der Waals surface area contributed by atoms with Crippen molar-refractivity contribution < 1.29 is 24.2 Å². The number of aryl methyl sites for hydroxylation is 1. The van der Waals surface area contributed by atoms with Crippen molar-refractivity contribution in [3.05, 3.63) is 23.8 Å². The number of benzene rings is 1. The van der Waals surface area contributed by atoms with Gasteiger partial charge in [0.05, 0.1) is 18.2 Å². The largest absolute Gasteiger partial charge is 0.489 e. The third-order valence-electron chi connectivity index (χ3n) is 4.34. The van der Waals surface area contributed by atoms with Gasteiger partial charge < -0.3 is 25.2 Å². The van der Waals surface area contributed by atoms with Crippen LogP contribution in [-0.2, 0) is 9.53 Å². The van der Waals surface area contributed by atoms with E-state index in [0.717, 1.165) is 5.56 Å². The Morgan fingerprint density at radius 3 is 2.56 bits per heavy atom. The van der Waals surface area contributed by atoms with Crippen LogP contribution in [0.25, 0.3) is 0 Å². The van der Waals surface area contributed by atoms with Crippen LogP contribution in [-0.4, -0.2) is 43.5 Å². The second-order valence-electron chi connectivity index (χ2n) is 6.33. The number of ether oxygens (including phenoxy) is 2. The van der Waals surface area contributed by atoms with Crippen molar-refractivity contribution in [1.29, 1.82) is 0 Å². The quantitative estimate of drug-likeness (QED) is 0.657. The highest BCUT2D eigenvalue weighted by Crippen LogP contribution is 2.27. The summed E-state index contributed by atoms with van der Waals surface area (Å²) < 4.78 is 10.6. The minimum absolute atomic E-state index is 0.00101. The van der Waals surface area contributed by atoms with Crippen LogP contribution in [0, 0.1) is 12.8 Å². The van der Waals surface area contributed by atoms with E-state index < -0.39 is 5.97 Å². The number of carbonyl (C=O) groups is 2. The fraction of sp³-hybridized carbons (Fsp3) is 0.556. The number of nitrogens with one attached hydrogen (secondary N) is 2. The van der Waals surface area contributed by atoms with Crippen molar-refractivity contribution in [3.63, 3.8) is 0 Å². The predicted molar refractivity (Wildman–Crippen MR) is 94.1 cm³/mol. The number of carboxylic acids is 1. The van der Waals surface area contributed by atoms with E-state index in [1.807, 2.05) is 19.1 Å². The minimum Gasteiger partial charge on any atom is -0.489 e. The molecule has 1 saturated carbocycles. The first-order valence-electron chi connectivity index (χ1n) is 8.52. The number of amides is 2.